The Morgan fingerprint density at radius 2 is 1.71 bits per heavy atom. The minimum absolute atomic E-state index is 0.253. The second-order valence-electron chi connectivity index (χ2n) is 3.95. The third-order valence-corrected chi connectivity index (χ3v) is 2.81. The number of likely N-dealkylation sites (tertiary alicyclic amines) is 1. The molecule has 1 fully saturated rings. The standard InChI is InChI=1S/C13H12N2O2/c14-9-11(10-5-2-1-3-6-10)15-12(16)7-4-8-13(15)17/h1-3,5-6,11H,4,7-8H2. The molecular weight excluding hydrogens is 216 g/mol. The second-order valence-corrected chi connectivity index (χ2v) is 3.95. The van der Waals surface area contributed by atoms with Crippen LogP contribution < -0.4 is 0 Å². The summed E-state index contributed by atoms with van der Waals surface area (Å²) in [6, 6.07) is 10.2. The summed E-state index contributed by atoms with van der Waals surface area (Å²) in [5, 5.41) is 9.17. The van der Waals surface area contributed by atoms with Crippen molar-refractivity contribution in [2.75, 3.05) is 0 Å². The van der Waals surface area contributed by atoms with Crippen LogP contribution in [0.25, 0.3) is 0 Å². The average Bonchev–Trinajstić information content (AvgIpc) is 2.35. The van der Waals surface area contributed by atoms with Crippen LogP contribution in [0.1, 0.15) is 30.9 Å². The Morgan fingerprint density at radius 1 is 1.12 bits per heavy atom. The monoisotopic (exact) mass is 228 g/mol. The lowest BCUT2D eigenvalue weighted by Gasteiger charge is -2.28. The number of imide groups is 1. The van der Waals surface area contributed by atoms with Gasteiger partial charge in [-0.2, -0.15) is 5.26 Å². The zero-order valence-corrected chi connectivity index (χ0v) is 9.30. The van der Waals surface area contributed by atoms with Crippen molar-refractivity contribution in [3.05, 3.63) is 35.9 Å². The highest BCUT2D eigenvalue weighted by molar-refractivity contribution is 5.98. The minimum atomic E-state index is -0.795. The molecule has 4 nitrogen and oxygen atoms in total. The van der Waals surface area contributed by atoms with E-state index >= 15 is 0 Å². The van der Waals surface area contributed by atoms with Gasteiger partial charge < -0.3 is 0 Å². The van der Waals surface area contributed by atoms with Gasteiger partial charge in [-0.1, -0.05) is 30.3 Å². The molecule has 1 aliphatic heterocycles. The summed E-state index contributed by atoms with van der Waals surface area (Å²) >= 11 is 0. The molecule has 4 heteroatoms. The Hall–Kier alpha value is -2.15. The van der Waals surface area contributed by atoms with Gasteiger partial charge in [-0.15, -0.1) is 0 Å². The van der Waals surface area contributed by atoms with E-state index in [4.69, 9.17) is 0 Å². The molecule has 1 saturated heterocycles. The smallest absolute Gasteiger partial charge is 0.230 e. The van der Waals surface area contributed by atoms with Crippen molar-refractivity contribution in [1.82, 2.24) is 4.90 Å². The first-order valence-corrected chi connectivity index (χ1v) is 5.53. The zero-order chi connectivity index (χ0) is 12.3. The second kappa shape index (κ2) is 4.79. The van der Waals surface area contributed by atoms with Gasteiger partial charge in [0.25, 0.3) is 0 Å². The fraction of sp³-hybridized carbons (Fsp3) is 0.308. The predicted molar refractivity (Wildman–Crippen MR) is 60.5 cm³/mol. The maximum atomic E-state index is 11.7. The molecule has 0 N–H and O–H groups in total. The van der Waals surface area contributed by atoms with E-state index in [9.17, 15) is 14.9 Å². The minimum Gasteiger partial charge on any atom is -0.274 e. The molecule has 1 heterocycles. The fourth-order valence-corrected chi connectivity index (χ4v) is 1.98. The van der Waals surface area contributed by atoms with Gasteiger partial charge in [0.05, 0.1) is 6.07 Å². The van der Waals surface area contributed by atoms with E-state index in [0.717, 1.165) is 4.90 Å². The molecule has 0 spiro atoms. The summed E-state index contributed by atoms with van der Waals surface area (Å²) in [6.45, 7) is 0. The SMILES string of the molecule is N#CC(c1ccccc1)N1C(=O)CCCC1=O. The largest absolute Gasteiger partial charge is 0.274 e. The fourth-order valence-electron chi connectivity index (χ4n) is 1.98. The molecule has 0 aliphatic carbocycles. The highest BCUT2D eigenvalue weighted by Crippen LogP contribution is 2.25. The third-order valence-electron chi connectivity index (χ3n) is 2.81. The number of carbonyl (C=O) groups is 2. The molecular formula is C13H12N2O2. The molecule has 1 atom stereocenters. The first kappa shape index (κ1) is 11.3. The van der Waals surface area contributed by atoms with Crippen molar-refractivity contribution in [2.45, 2.75) is 25.3 Å². The maximum absolute atomic E-state index is 11.7. The summed E-state index contributed by atoms with van der Waals surface area (Å²) in [5.41, 5.74) is 0.679. The molecule has 0 saturated carbocycles. The van der Waals surface area contributed by atoms with E-state index in [1.807, 2.05) is 12.1 Å². The molecule has 86 valence electrons. The normalized spacial score (nSPS) is 17.7. The van der Waals surface area contributed by atoms with Crippen LogP contribution in [0.15, 0.2) is 30.3 Å². The number of nitriles is 1. The molecule has 0 aromatic heterocycles. The number of carbonyl (C=O) groups excluding carboxylic acids is 2. The van der Waals surface area contributed by atoms with E-state index in [0.29, 0.717) is 24.8 Å². The molecule has 2 rings (SSSR count). The molecule has 1 aliphatic rings. The van der Waals surface area contributed by atoms with Crippen LogP contribution in [0.5, 0.6) is 0 Å². The van der Waals surface area contributed by atoms with Gasteiger partial charge in [0.15, 0.2) is 6.04 Å². The zero-order valence-electron chi connectivity index (χ0n) is 9.30. The van der Waals surface area contributed by atoms with Crippen LogP contribution in [0.4, 0.5) is 0 Å². The summed E-state index contributed by atoms with van der Waals surface area (Å²) < 4.78 is 0. The van der Waals surface area contributed by atoms with Crippen molar-refractivity contribution in [3.8, 4) is 6.07 Å². The summed E-state index contributed by atoms with van der Waals surface area (Å²) in [6.07, 6.45) is 1.27. The van der Waals surface area contributed by atoms with Crippen LogP contribution in [-0.2, 0) is 9.59 Å². The number of rotatable bonds is 2. The predicted octanol–water partition coefficient (Wildman–Crippen LogP) is 1.79. The van der Waals surface area contributed by atoms with Crippen LogP contribution in [0.2, 0.25) is 0 Å². The van der Waals surface area contributed by atoms with Gasteiger partial charge >= 0.3 is 0 Å². The van der Waals surface area contributed by atoms with E-state index in [2.05, 4.69) is 0 Å². The highest BCUT2D eigenvalue weighted by atomic mass is 16.2. The Balaban J connectivity index is 2.33. The third kappa shape index (κ3) is 2.18. The van der Waals surface area contributed by atoms with Crippen LogP contribution >= 0.6 is 0 Å². The van der Waals surface area contributed by atoms with Crippen molar-refractivity contribution >= 4 is 11.8 Å². The summed E-state index contributed by atoms with van der Waals surface area (Å²) in [7, 11) is 0. The molecule has 1 aromatic rings. The van der Waals surface area contributed by atoms with Gasteiger partial charge in [0, 0.05) is 12.8 Å². The lowest BCUT2D eigenvalue weighted by atomic mass is 10.0. The van der Waals surface area contributed by atoms with Crippen LogP contribution in [-0.4, -0.2) is 16.7 Å². The highest BCUT2D eigenvalue weighted by Gasteiger charge is 2.33. The van der Waals surface area contributed by atoms with E-state index in [1.54, 1.807) is 24.3 Å². The number of hydrogen-bond donors (Lipinski definition) is 0. The lowest BCUT2D eigenvalue weighted by molar-refractivity contribution is -0.149. The molecule has 1 unspecified atom stereocenters. The van der Waals surface area contributed by atoms with Gasteiger partial charge in [0.1, 0.15) is 0 Å². The quantitative estimate of drug-likeness (QED) is 0.725. The topological polar surface area (TPSA) is 61.2 Å². The summed E-state index contributed by atoms with van der Waals surface area (Å²) in [5.74, 6) is -0.506. The van der Waals surface area contributed by atoms with Gasteiger partial charge in [-0.05, 0) is 12.0 Å². The molecule has 2 amide bonds. The Labute approximate surface area is 99.5 Å². The van der Waals surface area contributed by atoms with Crippen LogP contribution in [0, 0.1) is 11.3 Å². The van der Waals surface area contributed by atoms with Gasteiger partial charge in [-0.3, -0.25) is 14.5 Å². The van der Waals surface area contributed by atoms with Gasteiger partial charge in [-0.25, -0.2) is 0 Å². The van der Waals surface area contributed by atoms with Crippen molar-refractivity contribution in [2.24, 2.45) is 0 Å². The van der Waals surface area contributed by atoms with E-state index in [1.165, 1.54) is 0 Å². The van der Waals surface area contributed by atoms with Gasteiger partial charge in [0.2, 0.25) is 11.8 Å². The first-order chi connectivity index (χ1) is 8.24. The molecule has 1 aromatic carbocycles. The maximum Gasteiger partial charge on any atom is 0.230 e. The van der Waals surface area contributed by atoms with Crippen molar-refractivity contribution < 1.29 is 9.59 Å². The molecule has 0 radical (unpaired) electrons. The van der Waals surface area contributed by atoms with E-state index < -0.39 is 6.04 Å². The number of piperidine rings is 1. The number of amides is 2. The number of benzene rings is 1. The average molecular weight is 228 g/mol. The lowest BCUT2D eigenvalue weighted by Crippen LogP contribution is -2.42. The van der Waals surface area contributed by atoms with E-state index in [-0.39, 0.29) is 11.8 Å². The first-order valence-electron chi connectivity index (χ1n) is 5.53. The van der Waals surface area contributed by atoms with Crippen molar-refractivity contribution in [1.29, 1.82) is 5.26 Å². The Bertz CT molecular complexity index is 460. The molecule has 0 bridgehead atoms. The number of nitrogens with zero attached hydrogens (tertiary/aromatic N) is 2. The molecule has 17 heavy (non-hydrogen) atoms. The number of hydrogen-bond acceptors (Lipinski definition) is 3. The van der Waals surface area contributed by atoms with Crippen LogP contribution in [0.3, 0.4) is 0 Å². The van der Waals surface area contributed by atoms with Crippen molar-refractivity contribution in [3.63, 3.8) is 0 Å². The Morgan fingerprint density at radius 3 is 2.24 bits per heavy atom. The summed E-state index contributed by atoms with van der Waals surface area (Å²) in [4.78, 5) is 24.6. The Kier molecular flexibility index (Phi) is 3.20.